The monoisotopic (exact) mass is 1000 g/mol. The van der Waals surface area contributed by atoms with E-state index in [2.05, 4.69) is 74.6 Å². The summed E-state index contributed by atoms with van der Waals surface area (Å²) in [5.41, 5.74) is 5.38. The Bertz CT molecular complexity index is 1330. The molecule has 0 amide bonds. The van der Waals surface area contributed by atoms with Crippen LogP contribution in [0.2, 0.25) is 0 Å². The first-order chi connectivity index (χ1) is 34.3. The van der Waals surface area contributed by atoms with Gasteiger partial charge in [-0.15, -0.1) is 0 Å². The van der Waals surface area contributed by atoms with E-state index in [0.29, 0.717) is 6.42 Å². The van der Waals surface area contributed by atoms with Crippen molar-refractivity contribution >= 4 is 19.8 Å². The summed E-state index contributed by atoms with van der Waals surface area (Å²) in [6, 6.07) is 0. The molecule has 0 aromatic carbocycles. The number of carbonyl (C=O) groups excluding carboxylic acids is 2. The van der Waals surface area contributed by atoms with Crippen molar-refractivity contribution in [3.63, 3.8) is 0 Å². The average molecular weight is 1000 g/mol. The van der Waals surface area contributed by atoms with Crippen molar-refractivity contribution in [1.82, 2.24) is 0 Å². The van der Waals surface area contributed by atoms with Crippen molar-refractivity contribution in [1.29, 1.82) is 0 Å². The van der Waals surface area contributed by atoms with Crippen LogP contribution in [0.25, 0.3) is 0 Å². The molecule has 0 aliphatic rings. The molecular weight excluding hydrogens is 894 g/mol. The van der Waals surface area contributed by atoms with E-state index in [-0.39, 0.29) is 38.6 Å². The Morgan fingerprint density at radius 3 is 1.17 bits per heavy atom. The van der Waals surface area contributed by atoms with E-state index in [0.717, 1.165) is 77.0 Å². The quantitative estimate of drug-likeness (QED) is 0.0264. The zero-order chi connectivity index (χ0) is 51.0. The fourth-order valence-electron chi connectivity index (χ4n) is 8.37. The van der Waals surface area contributed by atoms with Gasteiger partial charge in [-0.1, -0.05) is 267 Å². The number of unbranched alkanes of at least 4 members (excludes halogenated alkanes) is 32. The van der Waals surface area contributed by atoms with Gasteiger partial charge >= 0.3 is 19.8 Å². The highest BCUT2D eigenvalue weighted by Crippen LogP contribution is 2.43. The zero-order valence-corrected chi connectivity index (χ0v) is 46.4. The Balaban J connectivity index is 3.97. The molecule has 0 aliphatic heterocycles. The summed E-state index contributed by atoms with van der Waals surface area (Å²) in [6.45, 7) is 3.65. The summed E-state index contributed by atoms with van der Waals surface area (Å²) in [5.74, 6) is -0.831. The number of phosphoric acid groups is 1. The first-order valence-corrected chi connectivity index (χ1v) is 30.8. The van der Waals surface area contributed by atoms with Gasteiger partial charge in [0.1, 0.15) is 6.61 Å². The summed E-state index contributed by atoms with van der Waals surface area (Å²) in [4.78, 5) is 35.2. The van der Waals surface area contributed by atoms with Crippen LogP contribution in [0.15, 0.2) is 60.8 Å². The molecule has 0 aromatic rings. The van der Waals surface area contributed by atoms with Crippen LogP contribution in [0, 0.1) is 0 Å². The Kier molecular flexibility index (Phi) is 54.2. The van der Waals surface area contributed by atoms with Crippen molar-refractivity contribution in [2.45, 2.75) is 283 Å². The zero-order valence-electron chi connectivity index (χ0n) is 45.5. The minimum absolute atomic E-state index is 0.0503. The minimum atomic E-state index is -4.39. The lowest BCUT2D eigenvalue weighted by atomic mass is 10.0. The largest absolute Gasteiger partial charge is 0.472 e. The molecule has 2 unspecified atom stereocenters. The van der Waals surface area contributed by atoms with Crippen molar-refractivity contribution < 1.29 is 37.6 Å². The Labute approximate surface area is 431 Å². The van der Waals surface area contributed by atoms with Crippen molar-refractivity contribution in [3.05, 3.63) is 60.8 Å². The van der Waals surface area contributed by atoms with Crippen LogP contribution < -0.4 is 5.73 Å². The molecule has 9 nitrogen and oxygen atoms in total. The standard InChI is InChI=1S/C60H110NO8P/c1-3-5-7-9-11-13-15-17-19-21-23-25-27-28-29-31-32-34-36-38-40-42-44-46-48-50-52-59(62)66-56-58(57-68-70(64,65)67-55-54-61)69-60(63)53-51-49-47-45-43-41-39-37-35-33-30-26-24-22-20-18-16-14-12-10-8-6-4-2/h6,8,12,14,18,20,24,26,33,35,58H,3-5,7,9-11,13,15-17,19,21-23,25,27-32,34,36-57,61H2,1-2H3,(H,64,65)/b8-6-,14-12-,20-18-,26-24-,35-33-. The molecule has 0 radical (unpaired) electrons. The molecule has 0 bridgehead atoms. The molecule has 0 heterocycles. The van der Waals surface area contributed by atoms with Crippen LogP contribution in [0.4, 0.5) is 0 Å². The molecule has 3 N–H and O–H groups in total. The molecule has 0 aromatic heterocycles. The summed E-state index contributed by atoms with van der Waals surface area (Å²) >= 11 is 0. The van der Waals surface area contributed by atoms with E-state index in [1.807, 2.05) is 0 Å². The third kappa shape index (κ3) is 55.0. The van der Waals surface area contributed by atoms with Gasteiger partial charge in [-0.05, 0) is 57.8 Å². The van der Waals surface area contributed by atoms with Crippen LogP contribution >= 0.6 is 7.82 Å². The molecule has 70 heavy (non-hydrogen) atoms. The lowest BCUT2D eigenvalue weighted by Crippen LogP contribution is -2.29. The van der Waals surface area contributed by atoms with Gasteiger partial charge in [-0.3, -0.25) is 18.6 Å². The average Bonchev–Trinajstić information content (AvgIpc) is 3.35. The van der Waals surface area contributed by atoms with E-state index in [1.165, 1.54) is 167 Å². The second-order valence-electron chi connectivity index (χ2n) is 19.5. The molecule has 10 heteroatoms. The summed E-state index contributed by atoms with van der Waals surface area (Å²) in [6.07, 6.45) is 69.9. The van der Waals surface area contributed by atoms with Gasteiger partial charge in [0.25, 0.3) is 0 Å². The molecule has 408 valence electrons. The van der Waals surface area contributed by atoms with Crippen LogP contribution in [-0.2, 0) is 32.7 Å². The van der Waals surface area contributed by atoms with Crippen LogP contribution in [0.3, 0.4) is 0 Å². The highest BCUT2D eigenvalue weighted by molar-refractivity contribution is 7.47. The summed E-state index contributed by atoms with van der Waals surface area (Å²) < 4.78 is 33.0. The topological polar surface area (TPSA) is 134 Å². The lowest BCUT2D eigenvalue weighted by Gasteiger charge is -2.19. The predicted molar refractivity (Wildman–Crippen MR) is 298 cm³/mol. The second-order valence-corrected chi connectivity index (χ2v) is 20.9. The summed E-state index contributed by atoms with van der Waals surface area (Å²) in [7, 11) is -4.39. The van der Waals surface area contributed by atoms with Gasteiger partial charge in [0, 0.05) is 19.4 Å². The highest BCUT2D eigenvalue weighted by Gasteiger charge is 2.26. The number of phosphoric ester groups is 1. The predicted octanol–water partition coefficient (Wildman–Crippen LogP) is 18.3. The van der Waals surface area contributed by atoms with Gasteiger partial charge in [0.05, 0.1) is 13.2 Å². The van der Waals surface area contributed by atoms with Crippen LogP contribution in [-0.4, -0.2) is 49.3 Å². The van der Waals surface area contributed by atoms with Crippen LogP contribution in [0.5, 0.6) is 0 Å². The third-order valence-corrected chi connectivity index (χ3v) is 13.7. The molecule has 0 saturated carbocycles. The van der Waals surface area contributed by atoms with Gasteiger partial charge in [-0.25, -0.2) is 4.57 Å². The highest BCUT2D eigenvalue weighted by atomic mass is 31.2. The molecule has 0 rings (SSSR count). The van der Waals surface area contributed by atoms with Crippen molar-refractivity contribution in [2.75, 3.05) is 26.4 Å². The summed E-state index contributed by atoms with van der Waals surface area (Å²) in [5, 5.41) is 0. The Hall–Kier alpha value is -2.29. The molecule has 0 spiro atoms. The Morgan fingerprint density at radius 2 is 0.786 bits per heavy atom. The molecular formula is C60H110NO8P. The van der Waals surface area contributed by atoms with E-state index >= 15 is 0 Å². The van der Waals surface area contributed by atoms with E-state index in [1.54, 1.807) is 0 Å². The van der Waals surface area contributed by atoms with E-state index in [9.17, 15) is 19.0 Å². The second kappa shape index (κ2) is 56.0. The SMILES string of the molecule is CC/C=C\C/C=C\C/C=C\C/C=C\C/C=C\CCCCCCCCCC(=O)OC(COC(=O)CCCCCCCCCCCCCCCCCCCCCCCCCCCC)COP(=O)(O)OCCN. The molecule has 0 aliphatic carbocycles. The number of rotatable bonds is 55. The first-order valence-electron chi connectivity index (χ1n) is 29.3. The van der Waals surface area contributed by atoms with Gasteiger partial charge in [0.2, 0.25) is 0 Å². The van der Waals surface area contributed by atoms with Crippen molar-refractivity contribution in [3.8, 4) is 0 Å². The minimum Gasteiger partial charge on any atom is -0.462 e. The maximum atomic E-state index is 12.7. The lowest BCUT2D eigenvalue weighted by molar-refractivity contribution is -0.161. The van der Waals surface area contributed by atoms with Crippen LogP contribution in [0.1, 0.15) is 277 Å². The third-order valence-electron chi connectivity index (χ3n) is 12.7. The van der Waals surface area contributed by atoms with Gasteiger partial charge in [0.15, 0.2) is 6.10 Å². The first kappa shape index (κ1) is 67.7. The van der Waals surface area contributed by atoms with Gasteiger partial charge < -0.3 is 20.1 Å². The number of allylic oxidation sites excluding steroid dienone is 10. The fraction of sp³-hybridized carbons (Fsp3) is 0.800. The maximum absolute atomic E-state index is 12.7. The number of ether oxygens (including phenoxy) is 2. The maximum Gasteiger partial charge on any atom is 0.472 e. The number of carbonyl (C=O) groups is 2. The molecule has 2 atom stereocenters. The molecule has 0 fully saturated rings. The van der Waals surface area contributed by atoms with Gasteiger partial charge in [-0.2, -0.15) is 0 Å². The Morgan fingerprint density at radius 1 is 0.443 bits per heavy atom. The number of nitrogens with two attached hydrogens (primary N) is 1. The van der Waals surface area contributed by atoms with E-state index < -0.39 is 26.5 Å². The number of hydrogen-bond acceptors (Lipinski definition) is 8. The van der Waals surface area contributed by atoms with E-state index in [4.69, 9.17) is 24.3 Å². The molecule has 0 saturated heterocycles. The smallest absolute Gasteiger partial charge is 0.462 e. The van der Waals surface area contributed by atoms with Crippen molar-refractivity contribution in [2.24, 2.45) is 5.73 Å². The number of esters is 2. The normalized spacial score (nSPS) is 13.5. The fourth-order valence-corrected chi connectivity index (χ4v) is 9.14. The number of hydrogen-bond donors (Lipinski definition) is 2.